The second-order valence-corrected chi connectivity index (χ2v) is 8.83. The van der Waals surface area contributed by atoms with Gasteiger partial charge in [0.2, 0.25) is 0 Å². The first-order valence-corrected chi connectivity index (χ1v) is 10.6. The largest absolute Gasteiger partial charge is 0.393 e. The molecule has 1 aliphatic heterocycles. The number of hydrogen-bond donors (Lipinski definition) is 0. The quantitative estimate of drug-likeness (QED) is 0.759. The second kappa shape index (κ2) is 7.91. The predicted octanol–water partition coefficient (Wildman–Crippen LogP) is 4.50. The summed E-state index contributed by atoms with van der Waals surface area (Å²) >= 11 is 1.12. The molecular weight excluding hydrogens is 373 g/mol. The van der Waals surface area contributed by atoms with E-state index in [1.807, 2.05) is 0 Å². The number of nitrogens with zero attached hydrogens (tertiary/aromatic N) is 4. The van der Waals surface area contributed by atoms with Gasteiger partial charge in [0.15, 0.2) is 0 Å². The van der Waals surface area contributed by atoms with Crippen LogP contribution in [0.5, 0.6) is 0 Å². The van der Waals surface area contributed by atoms with E-state index in [2.05, 4.69) is 19.8 Å². The SMILES string of the molecule is FC(F)(F)Cc1cc2c(N3CCN(CC4CCCCC4)CC3)ncnc2s1. The van der Waals surface area contributed by atoms with Gasteiger partial charge >= 0.3 is 6.18 Å². The molecule has 27 heavy (non-hydrogen) atoms. The van der Waals surface area contributed by atoms with Crippen LogP contribution in [0.1, 0.15) is 37.0 Å². The highest BCUT2D eigenvalue weighted by Gasteiger charge is 2.29. The van der Waals surface area contributed by atoms with Crippen molar-refractivity contribution in [3.8, 4) is 0 Å². The van der Waals surface area contributed by atoms with E-state index in [-0.39, 0.29) is 0 Å². The fourth-order valence-electron chi connectivity index (χ4n) is 4.31. The Hall–Kier alpha value is -1.41. The zero-order valence-electron chi connectivity index (χ0n) is 15.3. The summed E-state index contributed by atoms with van der Waals surface area (Å²) in [6.45, 7) is 4.89. The van der Waals surface area contributed by atoms with Gasteiger partial charge in [0.1, 0.15) is 17.0 Å². The monoisotopic (exact) mass is 398 g/mol. The summed E-state index contributed by atoms with van der Waals surface area (Å²) in [5.74, 6) is 1.61. The van der Waals surface area contributed by atoms with Crippen molar-refractivity contribution in [2.45, 2.75) is 44.7 Å². The van der Waals surface area contributed by atoms with Gasteiger partial charge in [0.25, 0.3) is 0 Å². The molecule has 2 aromatic heterocycles. The van der Waals surface area contributed by atoms with Crippen molar-refractivity contribution in [2.24, 2.45) is 5.92 Å². The van der Waals surface area contributed by atoms with Gasteiger partial charge in [-0.1, -0.05) is 19.3 Å². The van der Waals surface area contributed by atoms with Crippen molar-refractivity contribution in [1.82, 2.24) is 14.9 Å². The molecule has 0 amide bonds. The predicted molar refractivity (Wildman–Crippen MR) is 102 cm³/mol. The molecule has 2 aromatic rings. The fraction of sp³-hybridized carbons (Fsp3) is 0.684. The average molecular weight is 398 g/mol. The molecule has 0 bridgehead atoms. The summed E-state index contributed by atoms with van der Waals surface area (Å²) in [7, 11) is 0. The Morgan fingerprint density at radius 3 is 2.48 bits per heavy atom. The summed E-state index contributed by atoms with van der Waals surface area (Å²) in [4.78, 5) is 14.3. The molecule has 148 valence electrons. The average Bonchev–Trinajstić information content (AvgIpc) is 3.03. The number of thiophene rings is 1. The van der Waals surface area contributed by atoms with Crippen molar-refractivity contribution in [1.29, 1.82) is 0 Å². The van der Waals surface area contributed by atoms with E-state index in [4.69, 9.17) is 0 Å². The van der Waals surface area contributed by atoms with Gasteiger partial charge < -0.3 is 4.90 Å². The first-order chi connectivity index (χ1) is 13.0. The Morgan fingerprint density at radius 2 is 1.78 bits per heavy atom. The van der Waals surface area contributed by atoms with E-state index in [1.165, 1.54) is 45.0 Å². The van der Waals surface area contributed by atoms with Crippen LogP contribution in [0.4, 0.5) is 19.0 Å². The molecule has 0 radical (unpaired) electrons. The van der Waals surface area contributed by atoms with E-state index in [1.54, 1.807) is 6.07 Å². The van der Waals surface area contributed by atoms with Crippen LogP contribution in [0.2, 0.25) is 0 Å². The smallest absolute Gasteiger partial charge is 0.353 e. The topological polar surface area (TPSA) is 32.3 Å². The van der Waals surface area contributed by atoms with E-state index in [0.29, 0.717) is 9.71 Å². The van der Waals surface area contributed by atoms with Crippen molar-refractivity contribution >= 4 is 27.4 Å². The minimum Gasteiger partial charge on any atom is -0.353 e. The van der Waals surface area contributed by atoms with Crippen LogP contribution in [0, 0.1) is 5.92 Å². The number of aromatic nitrogens is 2. The number of hydrogen-bond acceptors (Lipinski definition) is 5. The third kappa shape index (κ3) is 4.71. The molecule has 0 unspecified atom stereocenters. The van der Waals surface area contributed by atoms with Gasteiger partial charge in [0.05, 0.1) is 11.8 Å². The molecule has 2 aliphatic rings. The molecule has 2 fully saturated rings. The van der Waals surface area contributed by atoms with E-state index in [0.717, 1.165) is 54.6 Å². The lowest BCUT2D eigenvalue weighted by molar-refractivity contribution is -0.126. The van der Waals surface area contributed by atoms with Gasteiger partial charge in [0, 0.05) is 37.6 Å². The van der Waals surface area contributed by atoms with Crippen molar-refractivity contribution in [2.75, 3.05) is 37.6 Å². The first-order valence-electron chi connectivity index (χ1n) is 9.75. The Labute approximate surface area is 161 Å². The molecule has 0 spiro atoms. The third-order valence-corrected chi connectivity index (χ3v) is 6.69. The second-order valence-electron chi connectivity index (χ2n) is 7.71. The lowest BCUT2D eigenvalue weighted by Gasteiger charge is -2.37. The maximum absolute atomic E-state index is 12.7. The molecule has 0 N–H and O–H groups in total. The molecular formula is C19H25F3N4S. The van der Waals surface area contributed by atoms with Gasteiger partial charge in [-0.2, -0.15) is 13.2 Å². The van der Waals surface area contributed by atoms with Gasteiger partial charge in [-0.15, -0.1) is 11.3 Å². The van der Waals surface area contributed by atoms with Crippen LogP contribution in [0.3, 0.4) is 0 Å². The molecule has 1 aliphatic carbocycles. The number of halogens is 3. The van der Waals surface area contributed by atoms with Gasteiger partial charge in [-0.25, -0.2) is 9.97 Å². The summed E-state index contributed by atoms with van der Waals surface area (Å²) < 4.78 is 38.1. The molecule has 4 rings (SSSR count). The fourth-order valence-corrected chi connectivity index (χ4v) is 5.33. The molecule has 1 saturated heterocycles. The van der Waals surface area contributed by atoms with E-state index < -0.39 is 12.6 Å². The minimum absolute atomic E-state index is 0.301. The number of rotatable bonds is 4. The van der Waals surface area contributed by atoms with Crippen molar-refractivity contribution < 1.29 is 13.2 Å². The lowest BCUT2D eigenvalue weighted by Crippen LogP contribution is -2.48. The molecule has 8 heteroatoms. The highest BCUT2D eigenvalue weighted by Crippen LogP contribution is 2.34. The van der Waals surface area contributed by atoms with Crippen LogP contribution < -0.4 is 4.90 Å². The summed E-state index contributed by atoms with van der Waals surface area (Å²) in [6, 6.07) is 1.62. The van der Waals surface area contributed by atoms with Gasteiger partial charge in [-0.05, 0) is 24.8 Å². The Kier molecular flexibility index (Phi) is 5.55. The van der Waals surface area contributed by atoms with Crippen LogP contribution in [0.25, 0.3) is 10.2 Å². The highest BCUT2D eigenvalue weighted by molar-refractivity contribution is 7.18. The number of anilines is 1. The zero-order valence-corrected chi connectivity index (χ0v) is 16.2. The molecule has 0 aromatic carbocycles. The van der Waals surface area contributed by atoms with Crippen LogP contribution >= 0.6 is 11.3 Å². The Balaban J connectivity index is 1.42. The highest BCUT2D eigenvalue weighted by atomic mass is 32.1. The molecule has 3 heterocycles. The Morgan fingerprint density at radius 1 is 1.04 bits per heavy atom. The molecule has 1 saturated carbocycles. The van der Waals surface area contributed by atoms with Crippen LogP contribution in [-0.4, -0.2) is 53.8 Å². The minimum atomic E-state index is -4.20. The van der Waals surface area contributed by atoms with E-state index >= 15 is 0 Å². The summed E-state index contributed by atoms with van der Waals surface area (Å²) in [5.41, 5.74) is 0. The van der Waals surface area contributed by atoms with Crippen LogP contribution in [0.15, 0.2) is 12.4 Å². The third-order valence-electron chi connectivity index (χ3n) is 5.65. The Bertz CT molecular complexity index is 762. The maximum Gasteiger partial charge on any atom is 0.393 e. The maximum atomic E-state index is 12.7. The van der Waals surface area contributed by atoms with E-state index in [9.17, 15) is 13.2 Å². The number of fused-ring (bicyclic) bond motifs is 1. The zero-order chi connectivity index (χ0) is 18.9. The first kappa shape index (κ1) is 18.9. The molecule has 0 atom stereocenters. The number of alkyl halides is 3. The van der Waals surface area contributed by atoms with Gasteiger partial charge in [-0.3, -0.25) is 4.90 Å². The number of piperazine rings is 1. The normalized spacial score (nSPS) is 20.5. The standard InChI is InChI=1S/C19H25F3N4S/c20-19(21,22)11-15-10-16-17(23-13-24-18(16)27-15)26-8-6-25(7-9-26)12-14-4-2-1-3-5-14/h10,13-14H,1-9,11-12H2. The summed E-state index contributed by atoms with van der Waals surface area (Å²) in [5, 5.41) is 0.752. The van der Waals surface area contributed by atoms with Crippen molar-refractivity contribution in [3.63, 3.8) is 0 Å². The van der Waals surface area contributed by atoms with Crippen LogP contribution in [-0.2, 0) is 6.42 Å². The lowest BCUT2D eigenvalue weighted by atomic mass is 9.89. The summed E-state index contributed by atoms with van der Waals surface area (Å²) in [6.07, 6.45) is 3.18. The van der Waals surface area contributed by atoms with Crippen molar-refractivity contribution in [3.05, 3.63) is 17.3 Å². The molecule has 4 nitrogen and oxygen atoms in total.